The van der Waals surface area contributed by atoms with Crippen LogP contribution >= 0.6 is 0 Å². The number of rotatable bonds is 8. The van der Waals surface area contributed by atoms with E-state index in [-0.39, 0.29) is 11.5 Å². The molecule has 0 aliphatic rings. The van der Waals surface area contributed by atoms with Gasteiger partial charge in [-0.3, -0.25) is 4.79 Å². The van der Waals surface area contributed by atoms with E-state index >= 15 is 0 Å². The summed E-state index contributed by atoms with van der Waals surface area (Å²) < 4.78 is 11.0. The molecule has 3 aromatic rings. The lowest BCUT2D eigenvalue weighted by molar-refractivity contribution is -0.112. The van der Waals surface area contributed by atoms with Crippen molar-refractivity contribution >= 4 is 23.6 Å². The van der Waals surface area contributed by atoms with Crippen LogP contribution in [0.5, 0.6) is 0 Å². The summed E-state index contributed by atoms with van der Waals surface area (Å²) in [5, 5.41) is 12.1. The second kappa shape index (κ2) is 10.8. The molecule has 0 bridgehead atoms. The number of carbonyl (C=O) groups is 2. The van der Waals surface area contributed by atoms with Crippen LogP contribution < -0.4 is 5.32 Å². The summed E-state index contributed by atoms with van der Waals surface area (Å²) in [5.41, 5.74) is 2.84. The summed E-state index contributed by atoms with van der Waals surface area (Å²) in [6.07, 6.45) is 3.19. The number of hydrogen-bond donors (Lipinski definition) is 1. The third kappa shape index (κ3) is 5.96. The van der Waals surface area contributed by atoms with E-state index in [1.54, 1.807) is 48.5 Å². The molecule has 0 saturated heterocycles. The minimum absolute atomic E-state index is 0.0725. The van der Waals surface area contributed by atoms with Crippen molar-refractivity contribution in [2.24, 2.45) is 0 Å². The predicted molar refractivity (Wildman–Crippen MR) is 123 cm³/mol. The zero-order valence-corrected chi connectivity index (χ0v) is 18.1. The van der Waals surface area contributed by atoms with Crippen LogP contribution in [0.4, 0.5) is 5.69 Å². The van der Waals surface area contributed by atoms with Gasteiger partial charge in [0.25, 0.3) is 5.91 Å². The third-order valence-electron chi connectivity index (χ3n) is 4.72. The van der Waals surface area contributed by atoms with Crippen LogP contribution in [0.15, 0.2) is 70.7 Å². The quantitative estimate of drug-likeness (QED) is 0.213. The van der Waals surface area contributed by atoms with Crippen LogP contribution in [-0.4, -0.2) is 18.5 Å². The first-order valence-corrected chi connectivity index (χ1v) is 10.4. The first kappa shape index (κ1) is 22.6. The zero-order valence-electron chi connectivity index (χ0n) is 18.1. The monoisotopic (exact) mass is 428 g/mol. The fourth-order valence-electron chi connectivity index (χ4n) is 2.87. The summed E-state index contributed by atoms with van der Waals surface area (Å²) in [7, 11) is 0. The van der Waals surface area contributed by atoms with Crippen molar-refractivity contribution in [1.82, 2.24) is 0 Å². The number of nitrogens with one attached hydrogen (secondary N) is 1. The number of anilines is 1. The summed E-state index contributed by atoms with van der Waals surface area (Å²) >= 11 is 0. The molecule has 0 saturated carbocycles. The predicted octanol–water partition coefficient (Wildman–Crippen LogP) is 5.76. The number of carbonyl (C=O) groups excluding carboxylic acids is 2. The minimum atomic E-state index is -0.514. The maximum Gasteiger partial charge on any atom is 0.338 e. The van der Waals surface area contributed by atoms with Crippen molar-refractivity contribution in [3.8, 4) is 17.4 Å². The number of benzene rings is 2. The van der Waals surface area contributed by atoms with Gasteiger partial charge in [-0.25, -0.2) is 4.79 Å². The first-order chi connectivity index (χ1) is 15.5. The minimum Gasteiger partial charge on any atom is -0.462 e. The smallest absolute Gasteiger partial charge is 0.338 e. The van der Waals surface area contributed by atoms with Gasteiger partial charge in [-0.05, 0) is 49.7 Å². The Labute approximate surface area is 187 Å². The van der Waals surface area contributed by atoms with Crippen LogP contribution in [0.2, 0.25) is 0 Å². The van der Waals surface area contributed by atoms with E-state index in [1.807, 2.05) is 32.0 Å². The molecule has 1 N–H and O–H groups in total. The Morgan fingerprint density at radius 1 is 1.06 bits per heavy atom. The molecule has 162 valence electrons. The van der Waals surface area contributed by atoms with E-state index in [0.717, 1.165) is 24.0 Å². The molecule has 2 aromatic carbocycles. The number of aryl methyl sites for hydroxylation is 1. The number of nitriles is 1. The summed E-state index contributed by atoms with van der Waals surface area (Å²) in [6, 6.07) is 19.5. The van der Waals surface area contributed by atoms with E-state index in [2.05, 4.69) is 5.32 Å². The van der Waals surface area contributed by atoms with Gasteiger partial charge < -0.3 is 14.5 Å². The van der Waals surface area contributed by atoms with Crippen molar-refractivity contribution in [1.29, 1.82) is 5.26 Å². The largest absolute Gasteiger partial charge is 0.462 e. The molecule has 1 amide bonds. The number of ether oxygens (including phenoxy) is 1. The average molecular weight is 428 g/mol. The SMILES string of the molecule is CCCCOC(=O)c1ccc(-c2ccc(/C=C(\C#N)C(=O)Nc3ccc(C)cc3)o2)cc1. The highest BCUT2D eigenvalue weighted by atomic mass is 16.5. The topological polar surface area (TPSA) is 92.3 Å². The third-order valence-corrected chi connectivity index (χ3v) is 4.72. The molecule has 6 nitrogen and oxygen atoms in total. The second-order valence-electron chi connectivity index (χ2n) is 7.26. The van der Waals surface area contributed by atoms with Gasteiger partial charge in [0, 0.05) is 17.3 Å². The van der Waals surface area contributed by atoms with Gasteiger partial charge in [0.2, 0.25) is 0 Å². The molecule has 0 aliphatic carbocycles. The number of hydrogen-bond acceptors (Lipinski definition) is 5. The summed E-state index contributed by atoms with van der Waals surface area (Å²) in [4.78, 5) is 24.4. The van der Waals surface area contributed by atoms with Crippen LogP contribution in [-0.2, 0) is 9.53 Å². The molecule has 3 rings (SSSR count). The van der Waals surface area contributed by atoms with Gasteiger partial charge in [0.1, 0.15) is 23.2 Å². The van der Waals surface area contributed by atoms with Crippen LogP contribution in [0.25, 0.3) is 17.4 Å². The number of nitrogens with zero attached hydrogens (tertiary/aromatic N) is 1. The standard InChI is InChI=1S/C26H24N2O4/c1-3-4-15-31-26(30)20-9-7-19(8-10-20)24-14-13-23(32-24)16-21(17-27)25(29)28-22-11-5-18(2)6-12-22/h5-14,16H,3-4,15H2,1-2H3,(H,28,29)/b21-16+. The Morgan fingerprint density at radius 3 is 2.44 bits per heavy atom. The van der Waals surface area contributed by atoms with Crippen LogP contribution in [0.1, 0.15) is 41.4 Å². The molecule has 1 heterocycles. The number of esters is 1. The van der Waals surface area contributed by atoms with Gasteiger partial charge in [0.15, 0.2) is 0 Å². The molecule has 0 spiro atoms. The molecule has 0 aliphatic heterocycles. The summed E-state index contributed by atoms with van der Waals surface area (Å²) in [5.74, 6) is 0.0589. The Hall–Kier alpha value is -4.11. The molecular weight excluding hydrogens is 404 g/mol. The molecule has 0 atom stereocenters. The van der Waals surface area contributed by atoms with Gasteiger partial charge in [-0.2, -0.15) is 5.26 Å². The number of unbranched alkanes of at least 4 members (excludes halogenated alkanes) is 1. The van der Waals surface area contributed by atoms with Crippen molar-refractivity contribution in [3.05, 3.63) is 83.1 Å². The number of furan rings is 1. The number of amides is 1. The molecule has 1 aromatic heterocycles. The van der Waals surface area contributed by atoms with Gasteiger partial charge >= 0.3 is 5.97 Å². The molecule has 0 radical (unpaired) electrons. The Kier molecular flexibility index (Phi) is 7.60. The molecule has 0 unspecified atom stereocenters. The zero-order chi connectivity index (χ0) is 22.9. The Balaban J connectivity index is 1.69. The van der Waals surface area contributed by atoms with Crippen molar-refractivity contribution in [3.63, 3.8) is 0 Å². The van der Waals surface area contributed by atoms with E-state index in [4.69, 9.17) is 9.15 Å². The first-order valence-electron chi connectivity index (χ1n) is 10.4. The molecular formula is C26H24N2O4. The highest BCUT2D eigenvalue weighted by Gasteiger charge is 2.12. The Morgan fingerprint density at radius 2 is 1.78 bits per heavy atom. The second-order valence-corrected chi connectivity index (χ2v) is 7.26. The maximum atomic E-state index is 12.4. The average Bonchev–Trinajstić information content (AvgIpc) is 3.28. The van der Waals surface area contributed by atoms with Crippen molar-refractivity contribution in [2.45, 2.75) is 26.7 Å². The molecule has 0 fully saturated rings. The fourth-order valence-corrected chi connectivity index (χ4v) is 2.87. The van der Waals surface area contributed by atoms with Crippen LogP contribution in [0, 0.1) is 18.3 Å². The highest BCUT2D eigenvalue weighted by molar-refractivity contribution is 6.09. The van der Waals surface area contributed by atoms with Crippen LogP contribution in [0.3, 0.4) is 0 Å². The van der Waals surface area contributed by atoms with Crippen molar-refractivity contribution in [2.75, 3.05) is 11.9 Å². The lowest BCUT2D eigenvalue weighted by Crippen LogP contribution is -2.13. The molecule has 32 heavy (non-hydrogen) atoms. The van der Waals surface area contributed by atoms with Gasteiger partial charge in [-0.1, -0.05) is 43.2 Å². The normalized spacial score (nSPS) is 11.0. The lowest BCUT2D eigenvalue weighted by atomic mass is 10.1. The van der Waals surface area contributed by atoms with E-state index in [0.29, 0.717) is 29.4 Å². The fraction of sp³-hybridized carbons (Fsp3) is 0.192. The van der Waals surface area contributed by atoms with E-state index in [9.17, 15) is 14.9 Å². The highest BCUT2D eigenvalue weighted by Crippen LogP contribution is 2.24. The van der Waals surface area contributed by atoms with Crippen molar-refractivity contribution < 1.29 is 18.7 Å². The Bertz CT molecular complexity index is 1150. The lowest BCUT2D eigenvalue weighted by Gasteiger charge is -2.04. The van der Waals surface area contributed by atoms with E-state index < -0.39 is 5.91 Å². The summed E-state index contributed by atoms with van der Waals surface area (Å²) in [6.45, 7) is 4.39. The van der Waals surface area contributed by atoms with Gasteiger partial charge in [-0.15, -0.1) is 0 Å². The maximum absolute atomic E-state index is 12.4. The molecule has 6 heteroatoms. The van der Waals surface area contributed by atoms with Gasteiger partial charge in [0.05, 0.1) is 12.2 Å². The van der Waals surface area contributed by atoms with E-state index in [1.165, 1.54) is 6.08 Å².